The summed E-state index contributed by atoms with van der Waals surface area (Å²) in [6.07, 6.45) is 0. The lowest BCUT2D eigenvalue weighted by atomic mass is 10.3. The van der Waals surface area contributed by atoms with E-state index in [1.165, 1.54) is 23.1 Å². The van der Waals surface area contributed by atoms with Gasteiger partial charge in [0.1, 0.15) is 6.61 Å². The lowest BCUT2D eigenvalue weighted by Crippen LogP contribution is -2.14. The number of benzene rings is 1. The lowest BCUT2D eigenvalue weighted by molar-refractivity contribution is -0.113. The van der Waals surface area contributed by atoms with Crippen molar-refractivity contribution in [3.8, 4) is 11.5 Å². The van der Waals surface area contributed by atoms with Gasteiger partial charge in [0.25, 0.3) is 0 Å². The van der Waals surface area contributed by atoms with Crippen molar-refractivity contribution in [3.05, 3.63) is 41.2 Å². The SMILES string of the molecule is CCn1c(COc2ccccc2OC)nnc1SCC(=O)Nc1nc(C)cs1. The quantitative estimate of drug-likeness (QED) is 0.532. The molecule has 0 spiro atoms. The van der Waals surface area contributed by atoms with E-state index in [1.807, 2.05) is 48.1 Å². The molecule has 0 saturated heterocycles. The Hall–Kier alpha value is -2.59. The zero-order valence-corrected chi connectivity index (χ0v) is 17.5. The van der Waals surface area contributed by atoms with Crippen LogP contribution < -0.4 is 14.8 Å². The maximum Gasteiger partial charge on any atom is 0.236 e. The number of rotatable bonds is 9. The predicted molar refractivity (Wildman–Crippen MR) is 109 cm³/mol. The average molecular weight is 420 g/mol. The molecule has 3 rings (SSSR count). The molecule has 0 fully saturated rings. The van der Waals surface area contributed by atoms with Gasteiger partial charge in [-0.2, -0.15) is 0 Å². The highest BCUT2D eigenvalue weighted by Gasteiger charge is 2.15. The van der Waals surface area contributed by atoms with Crippen LogP contribution in [0.15, 0.2) is 34.8 Å². The van der Waals surface area contributed by atoms with Gasteiger partial charge in [-0.25, -0.2) is 4.98 Å². The Morgan fingerprint density at radius 2 is 2.07 bits per heavy atom. The highest BCUT2D eigenvalue weighted by atomic mass is 32.2. The first kappa shape index (κ1) is 20.2. The summed E-state index contributed by atoms with van der Waals surface area (Å²) in [6, 6.07) is 7.44. The molecular weight excluding hydrogens is 398 g/mol. The van der Waals surface area contributed by atoms with Crippen LogP contribution in [0.4, 0.5) is 5.13 Å². The Morgan fingerprint density at radius 1 is 1.29 bits per heavy atom. The Morgan fingerprint density at radius 3 is 2.75 bits per heavy atom. The molecule has 1 N–H and O–H groups in total. The number of nitrogens with zero attached hydrogens (tertiary/aromatic N) is 4. The average Bonchev–Trinajstić information content (AvgIpc) is 3.30. The number of ether oxygens (including phenoxy) is 2. The molecular formula is C18H21N5O3S2. The molecule has 10 heteroatoms. The van der Waals surface area contributed by atoms with Crippen molar-refractivity contribution < 1.29 is 14.3 Å². The minimum Gasteiger partial charge on any atom is -0.493 e. The Labute approximate surface area is 171 Å². The van der Waals surface area contributed by atoms with Gasteiger partial charge in [-0.05, 0) is 26.0 Å². The third-order valence-corrected chi connectivity index (χ3v) is 5.58. The van der Waals surface area contributed by atoms with Crippen LogP contribution in [-0.2, 0) is 17.9 Å². The highest BCUT2D eigenvalue weighted by molar-refractivity contribution is 7.99. The van der Waals surface area contributed by atoms with E-state index >= 15 is 0 Å². The molecule has 0 radical (unpaired) electrons. The van der Waals surface area contributed by atoms with E-state index < -0.39 is 0 Å². The van der Waals surface area contributed by atoms with Crippen molar-refractivity contribution in [2.45, 2.75) is 32.2 Å². The van der Waals surface area contributed by atoms with Crippen LogP contribution >= 0.6 is 23.1 Å². The number of thiazole rings is 1. The minimum absolute atomic E-state index is 0.128. The first-order valence-corrected chi connectivity index (χ1v) is 10.5. The van der Waals surface area contributed by atoms with E-state index in [0.29, 0.717) is 34.2 Å². The van der Waals surface area contributed by atoms with Crippen molar-refractivity contribution >= 4 is 34.1 Å². The first-order valence-electron chi connectivity index (χ1n) is 8.63. The number of carbonyl (C=O) groups is 1. The van der Waals surface area contributed by atoms with Gasteiger partial charge in [0.15, 0.2) is 27.6 Å². The van der Waals surface area contributed by atoms with E-state index in [9.17, 15) is 4.79 Å². The number of hydrogen-bond acceptors (Lipinski definition) is 8. The standard InChI is InChI=1S/C18H21N5O3S2/c1-4-23-15(9-26-14-8-6-5-7-13(14)25-3)21-22-18(23)28-11-16(24)20-17-19-12(2)10-27-17/h5-8,10H,4,9,11H2,1-3H3,(H,19,20,24). The van der Waals surface area contributed by atoms with Crippen molar-refractivity contribution in [1.82, 2.24) is 19.7 Å². The summed E-state index contributed by atoms with van der Waals surface area (Å²) >= 11 is 2.74. The van der Waals surface area contributed by atoms with Crippen LogP contribution in [0.1, 0.15) is 18.4 Å². The lowest BCUT2D eigenvalue weighted by Gasteiger charge is -2.11. The number of para-hydroxylation sites is 2. The molecule has 0 unspecified atom stereocenters. The summed E-state index contributed by atoms with van der Waals surface area (Å²) < 4.78 is 13.1. The van der Waals surface area contributed by atoms with Gasteiger partial charge in [0.05, 0.1) is 18.6 Å². The topological polar surface area (TPSA) is 91.2 Å². The van der Waals surface area contributed by atoms with Crippen molar-refractivity contribution in [1.29, 1.82) is 0 Å². The second-order valence-corrected chi connectivity index (χ2v) is 7.51. The Kier molecular flexibility index (Phi) is 6.88. The van der Waals surface area contributed by atoms with Crippen LogP contribution in [0, 0.1) is 6.92 Å². The summed E-state index contributed by atoms with van der Waals surface area (Å²) in [6.45, 7) is 4.82. The van der Waals surface area contributed by atoms with Gasteiger partial charge in [-0.3, -0.25) is 4.79 Å². The molecule has 0 bridgehead atoms. The molecule has 2 heterocycles. The zero-order valence-electron chi connectivity index (χ0n) is 15.8. The summed E-state index contributed by atoms with van der Waals surface area (Å²) in [4.78, 5) is 16.3. The van der Waals surface area contributed by atoms with Gasteiger partial charge in [0, 0.05) is 11.9 Å². The Balaban J connectivity index is 1.59. The zero-order chi connectivity index (χ0) is 19.9. The first-order chi connectivity index (χ1) is 13.6. The van der Waals surface area contributed by atoms with Crippen LogP contribution in [0.3, 0.4) is 0 Å². The third-order valence-electron chi connectivity index (χ3n) is 3.73. The van der Waals surface area contributed by atoms with Gasteiger partial charge in [-0.1, -0.05) is 23.9 Å². The molecule has 0 aliphatic carbocycles. The smallest absolute Gasteiger partial charge is 0.236 e. The maximum absolute atomic E-state index is 12.1. The fourth-order valence-corrected chi connectivity index (χ4v) is 3.95. The number of aryl methyl sites for hydroxylation is 1. The molecule has 2 aromatic heterocycles. The molecule has 8 nitrogen and oxygen atoms in total. The van der Waals surface area contributed by atoms with E-state index in [1.54, 1.807) is 7.11 Å². The molecule has 28 heavy (non-hydrogen) atoms. The van der Waals surface area contributed by atoms with Crippen molar-refractivity contribution in [3.63, 3.8) is 0 Å². The number of anilines is 1. The number of methoxy groups -OCH3 is 1. The van der Waals surface area contributed by atoms with E-state index in [2.05, 4.69) is 20.5 Å². The highest BCUT2D eigenvalue weighted by Crippen LogP contribution is 2.27. The molecule has 0 atom stereocenters. The van der Waals surface area contributed by atoms with Crippen molar-refractivity contribution in [2.75, 3.05) is 18.2 Å². The van der Waals surface area contributed by atoms with E-state index in [-0.39, 0.29) is 18.3 Å². The second-order valence-electron chi connectivity index (χ2n) is 5.71. The minimum atomic E-state index is -0.128. The summed E-state index contributed by atoms with van der Waals surface area (Å²) in [5, 5.41) is 14.4. The van der Waals surface area contributed by atoms with E-state index in [4.69, 9.17) is 9.47 Å². The maximum atomic E-state index is 12.1. The molecule has 1 aromatic carbocycles. The number of thioether (sulfide) groups is 1. The van der Waals surface area contributed by atoms with Crippen LogP contribution in [0.5, 0.6) is 11.5 Å². The predicted octanol–water partition coefficient (Wildman–Crippen LogP) is 3.38. The number of aromatic nitrogens is 4. The number of nitrogens with one attached hydrogen (secondary N) is 1. The fourth-order valence-electron chi connectivity index (χ4n) is 2.43. The van der Waals surface area contributed by atoms with Gasteiger partial charge in [0.2, 0.25) is 5.91 Å². The number of carbonyl (C=O) groups excluding carboxylic acids is 1. The monoisotopic (exact) mass is 419 g/mol. The molecule has 1 amide bonds. The molecule has 148 valence electrons. The summed E-state index contributed by atoms with van der Waals surface area (Å²) in [5.41, 5.74) is 0.887. The molecule has 3 aromatic rings. The summed E-state index contributed by atoms with van der Waals surface area (Å²) in [7, 11) is 1.60. The van der Waals surface area contributed by atoms with Crippen LogP contribution in [-0.4, -0.2) is 38.5 Å². The third kappa shape index (κ3) is 5.02. The molecule has 0 aliphatic heterocycles. The number of hydrogen-bond donors (Lipinski definition) is 1. The van der Waals surface area contributed by atoms with Gasteiger partial charge in [-0.15, -0.1) is 21.5 Å². The molecule has 0 aliphatic rings. The van der Waals surface area contributed by atoms with Crippen LogP contribution in [0.25, 0.3) is 0 Å². The summed E-state index contributed by atoms with van der Waals surface area (Å²) in [5.74, 6) is 2.09. The number of amides is 1. The Bertz CT molecular complexity index is 941. The van der Waals surface area contributed by atoms with Gasteiger partial charge >= 0.3 is 0 Å². The molecule has 0 saturated carbocycles. The van der Waals surface area contributed by atoms with E-state index in [0.717, 1.165) is 5.69 Å². The fraction of sp³-hybridized carbons (Fsp3) is 0.333. The van der Waals surface area contributed by atoms with Gasteiger partial charge < -0.3 is 19.4 Å². The largest absolute Gasteiger partial charge is 0.493 e. The van der Waals surface area contributed by atoms with Crippen LogP contribution in [0.2, 0.25) is 0 Å². The normalized spacial score (nSPS) is 10.7. The van der Waals surface area contributed by atoms with Crippen molar-refractivity contribution in [2.24, 2.45) is 0 Å². The second kappa shape index (κ2) is 9.56.